The molecule has 3 nitrogen and oxygen atoms in total. The Balaban J connectivity index is 1.62. The van der Waals surface area contributed by atoms with E-state index >= 15 is 0 Å². The molecule has 0 spiro atoms. The van der Waals surface area contributed by atoms with E-state index in [1.165, 1.54) is 25.7 Å². The largest absolute Gasteiger partial charge is 0.393 e. The summed E-state index contributed by atoms with van der Waals surface area (Å²) in [6, 6.07) is 2.26. The number of rotatable bonds is 1. The molecule has 4 aliphatic rings. The Bertz CT molecular complexity index is 557. The van der Waals surface area contributed by atoms with E-state index in [0.717, 1.165) is 38.0 Å². The van der Waals surface area contributed by atoms with Crippen LogP contribution in [0.1, 0.15) is 78.1 Å². The van der Waals surface area contributed by atoms with E-state index in [-0.39, 0.29) is 11.5 Å². The second kappa shape index (κ2) is 5.45. The van der Waals surface area contributed by atoms with Crippen LogP contribution in [0.4, 0.5) is 0 Å². The fraction of sp³-hybridized carbons (Fsp3) is 0.952. The van der Waals surface area contributed by atoms with Gasteiger partial charge in [0.05, 0.1) is 24.2 Å². The van der Waals surface area contributed by atoms with Crippen LogP contribution in [0, 0.1) is 45.8 Å². The van der Waals surface area contributed by atoms with E-state index in [4.69, 9.17) is 0 Å². The Labute approximate surface area is 146 Å². The van der Waals surface area contributed by atoms with Gasteiger partial charge in [-0.1, -0.05) is 13.8 Å². The number of hydrogen-bond acceptors (Lipinski definition) is 3. The maximum atomic E-state index is 11.2. The van der Waals surface area contributed by atoms with E-state index in [2.05, 4.69) is 19.9 Å². The van der Waals surface area contributed by atoms with Crippen molar-refractivity contribution in [3.05, 3.63) is 0 Å². The molecule has 0 bridgehead atoms. The zero-order chi connectivity index (χ0) is 17.2. The molecule has 4 saturated carbocycles. The molecule has 0 heterocycles. The molecular weight excluding hydrogens is 298 g/mol. The zero-order valence-corrected chi connectivity index (χ0v) is 15.3. The third-order valence-electron chi connectivity index (χ3n) is 9.33. The summed E-state index contributed by atoms with van der Waals surface area (Å²) in [7, 11) is 0. The highest BCUT2D eigenvalue weighted by molar-refractivity contribution is 5.15. The lowest BCUT2D eigenvalue weighted by Gasteiger charge is -2.61. The molecule has 4 rings (SSSR count). The van der Waals surface area contributed by atoms with Crippen LogP contribution in [0.3, 0.4) is 0 Å². The van der Waals surface area contributed by atoms with Crippen molar-refractivity contribution in [1.29, 1.82) is 5.26 Å². The first-order chi connectivity index (χ1) is 11.3. The molecule has 0 aromatic heterocycles. The predicted octanol–water partition coefficient (Wildman–Crippen LogP) is 4.03. The number of fused-ring (bicyclic) bond motifs is 5. The van der Waals surface area contributed by atoms with Crippen LogP contribution in [0.2, 0.25) is 0 Å². The van der Waals surface area contributed by atoms with Crippen molar-refractivity contribution >= 4 is 0 Å². The van der Waals surface area contributed by atoms with Gasteiger partial charge in [0.1, 0.15) is 0 Å². The maximum absolute atomic E-state index is 11.2. The molecule has 0 aliphatic heterocycles. The van der Waals surface area contributed by atoms with Crippen LogP contribution < -0.4 is 0 Å². The average Bonchev–Trinajstić information content (AvgIpc) is 2.80. The van der Waals surface area contributed by atoms with Gasteiger partial charge in [0.25, 0.3) is 0 Å². The number of nitrogens with zero attached hydrogens (tertiary/aromatic N) is 1. The molecule has 0 aromatic carbocycles. The van der Waals surface area contributed by atoms with Crippen LogP contribution in [0.5, 0.6) is 0 Å². The molecule has 24 heavy (non-hydrogen) atoms. The lowest BCUT2D eigenvalue weighted by molar-refractivity contribution is -0.157. The first-order valence-corrected chi connectivity index (χ1v) is 10.1. The van der Waals surface area contributed by atoms with Gasteiger partial charge in [-0.05, 0) is 86.9 Å². The molecule has 0 radical (unpaired) electrons. The number of nitriles is 1. The molecular formula is C21H33NO2. The topological polar surface area (TPSA) is 64.2 Å². The molecule has 134 valence electrons. The summed E-state index contributed by atoms with van der Waals surface area (Å²) < 4.78 is 0. The van der Waals surface area contributed by atoms with Crippen molar-refractivity contribution in [2.24, 2.45) is 34.5 Å². The minimum atomic E-state index is -0.766. The quantitative estimate of drug-likeness (QED) is 0.762. The smallest absolute Gasteiger partial charge is 0.0833 e. The van der Waals surface area contributed by atoms with Crippen molar-refractivity contribution in [3.63, 3.8) is 0 Å². The molecule has 0 amide bonds. The third-order valence-corrected chi connectivity index (χ3v) is 9.33. The van der Waals surface area contributed by atoms with Gasteiger partial charge in [0, 0.05) is 5.41 Å². The molecule has 0 saturated heterocycles. The van der Waals surface area contributed by atoms with Gasteiger partial charge in [0.2, 0.25) is 0 Å². The van der Waals surface area contributed by atoms with E-state index < -0.39 is 5.60 Å². The van der Waals surface area contributed by atoms with Gasteiger partial charge in [-0.25, -0.2) is 0 Å². The molecule has 4 fully saturated rings. The minimum absolute atomic E-state index is 0.0682. The summed E-state index contributed by atoms with van der Waals surface area (Å²) in [5.74, 6) is 2.74. The van der Waals surface area contributed by atoms with Crippen LogP contribution in [0.15, 0.2) is 0 Å². The van der Waals surface area contributed by atoms with E-state index in [0.29, 0.717) is 29.6 Å². The minimum Gasteiger partial charge on any atom is -0.393 e. The van der Waals surface area contributed by atoms with Gasteiger partial charge < -0.3 is 10.2 Å². The summed E-state index contributed by atoms with van der Waals surface area (Å²) in [6.07, 6.45) is 10.0. The Morgan fingerprint density at radius 3 is 2.50 bits per heavy atom. The molecule has 3 heteroatoms. The summed E-state index contributed by atoms with van der Waals surface area (Å²) in [4.78, 5) is 0. The van der Waals surface area contributed by atoms with E-state index in [1.807, 2.05) is 0 Å². The monoisotopic (exact) mass is 331 g/mol. The van der Waals surface area contributed by atoms with Crippen LogP contribution in [0.25, 0.3) is 0 Å². The summed E-state index contributed by atoms with van der Waals surface area (Å²) in [6.45, 7) is 4.77. The van der Waals surface area contributed by atoms with Crippen molar-refractivity contribution in [1.82, 2.24) is 0 Å². The highest BCUT2D eigenvalue weighted by Gasteiger charge is 2.64. The van der Waals surface area contributed by atoms with E-state index in [1.54, 1.807) is 0 Å². The lowest BCUT2D eigenvalue weighted by Crippen LogP contribution is -2.56. The molecule has 0 unspecified atom stereocenters. The van der Waals surface area contributed by atoms with Gasteiger partial charge in [-0.3, -0.25) is 0 Å². The number of hydrogen-bond donors (Lipinski definition) is 2. The highest BCUT2D eigenvalue weighted by Crippen LogP contribution is 2.68. The Morgan fingerprint density at radius 2 is 1.75 bits per heavy atom. The molecule has 2 N–H and O–H groups in total. The average molecular weight is 332 g/mol. The molecule has 4 aliphatic carbocycles. The predicted molar refractivity (Wildman–Crippen MR) is 92.9 cm³/mol. The van der Waals surface area contributed by atoms with Gasteiger partial charge in [-0.2, -0.15) is 5.26 Å². The SMILES string of the molecule is C[C@]12CC[C@@H](O)C[C@H]1CC[C@@H]1[C@@H]2CC[C@@]2(C)[C@H]1CC[C@]2(O)CC#N. The fourth-order valence-electron chi connectivity index (χ4n) is 7.77. The van der Waals surface area contributed by atoms with Crippen LogP contribution >= 0.6 is 0 Å². The summed E-state index contributed by atoms with van der Waals surface area (Å²) in [5, 5.41) is 30.5. The molecule has 8 atom stereocenters. The second-order valence-electron chi connectivity index (χ2n) is 9.95. The first-order valence-electron chi connectivity index (χ1n) is 10.1. The van der Waals surface area contributed by atoms with Crippen LogP contribution in [-0.4, -0.2) is 21.9 Å². The van der Waals surface area contributed by atoms with E-state index in [9.17, 15) is 15.5 Å². The third kappa shape index (κ3) is 2.08. The Hall–Kier alpha value is -0.590. The Morgan fingerprint density at radius 1 is 1.00 bits per heavy atom. The van der Waals surface area contributed by atoms with Gasteiger partial charge in [0.15, 0.2) is 0 Å². The second-order valence-corrected chi connectivity index (χ2v) is 9.95. The van der Waals surface area contributed by atoms with Crippen molar-refractivity contribution in [2.75, 3.05) is 0 Å². The highest BCUT2D eigenvalue weighted by atomic mass is 16.3. The standard InChI is InChI=1S/C21H33NO2/c1-19-8-5-15(23)13-14(19)3-4-16-17(19)6-9-20(2)18(16)7-10-21(20,24)11-12-22/h14-18,23-24H,3-11,13H2,1-2H3/t14-,15-,16-,17+,18+,19+,20+,21+/m1/s1. The summed E-state index contributed by atoms with van der Waals surface area (Å²) >= 11 is 0. The summed E-state index contributed by atoms with van der Waals surface area (Å²) in [5.41, 5.74) is -0.446. The van der Waals surface area contributed by atoms with Crippen molar-refractivity contribution < 1.29 is 10.2 Å². The maximum Gasteiger partial charge on any atom is 0.0833 e. The van der Waals surface area contributed by atoms with Crippen LogP contribution in [-0.2, 0) is 0 Å². The molecule has 0 aromatic rings. The zero-order valence-electron chi connectivity index (χ0n) is 15.3. The van der Waals surface area contributed by atoms with Gasteiger partial charge >= 0.3 is 0 Å². The van der Waals surface area contributed by atoms with Gasteiger partial charge in [-0.15, -0.1) is 0 Å². The number of aliphatic hydroxyl groups is 2. The lowest BCUT2D eigenvalue weighted by atomic mass is 9.44. The van der Waals surface area contributed by atoms with Crippen molar-refractivity contribution in [2.45, 2.75) is 89.8 Å². The number of aliphatic hydroxyl groups excluding tert-OH is 1. The first kappa shape index (κ1) is 16.9. The normalized spacial score (nSPS) is 56.7. The Kier molecular flexibility index (Phi) is 3.83. The van der Waals surface area contributed by atoms with Crippen molar-refractivity contribution in [3.8, 4) is 6.07 Å². The fourth-order valence-corrected chi connectivity index (χ4v) is 7.77.